The van der Waals surface area contributed by atoms with Crippen LogP contribution in [0.4, 0.5) is 0 Å². The molecular formula is C27H48O8. The molecule has 8 heteroatoms. The van der Waals surface area contributed by atoms with E-state index < -0.39 is 38.8 Å². The van der Waals surface area contributed by atoms with Crippen LogP contribution < -0.4 is 0 Å². The van der Waals surface area contributed by atoms with Gasteiger partial charge in [-0.25, -0.2) is 0 Å². The summed E-state index contributed by atoms with van der Waals surface area (Å²) in [6, 6.07) is 0. The summed E-state index contributed by atoms with van der Waals surface area (Å²) in [5, 5.41) is 0. The molecule has 4 saturated heterocycles. The van der Waals surface area contributed by atoms with Crippen LogP contribution in [0.15, 0.2) is 0 Å². The Labute approximate surface area is 211 Å². The summed E-state index contributed by atoms with van der Waals surface area (Å²) in [5.41, 5.74) is -4.02. The van der Waals surface area contributed by atoms with Gasteiger partial charge in [-0.05, 0) is 89.0 Å². The predicted octanol–water partition coefficient (Wildman–Crippen LogP) is 4.78. The van der Waals surface area contributed by atoms with Crippen LogP contribution in [-0.2, 0) is 37.9 Å². The van der Waals surface area contributed by atoms with E-state index >= 15 is 0 Å². The van der Waals surface area contributed by atoms with E-state index in [0.29, 0.717) is 12.8 Å². The first kappa shape index (κ1) is 27.7. The van der Waals surface area contributed by atoms with E-state index in [1.807, 2.05) is 0 Å². The van der Waals surface area contributed by atoms with Crippen molar-refractivity contribution >= 4 is 0 Å². The first-order chi connectivity index (χ1) is 16.0. The van der Waals surface area contributed by atoms with Gasteiger partial charge in [-0.2, -0.15) is 0 Å². The fourth-order valence-corrected chi connectivity index (χ4v) is 9.35. The second-order valence-electron chi connectivity index (χ2n) is 12.8. The molecule has 7 unspecified atom stereocenters. The van der Waals surface area contributed by atoms with E-state index in [2.05, 4.69) is 76.2 Å². The third-order valence-corrected chi connectivity index (χ3v) is 10.5. The monoisotopic (exact) mass is 500 g/mol. The van der Waals surface area contributed by atoms with Gasteiger partial charge in [0.15, 0.2) is 0 Å². The lowest BCUT2D eigenvalue weighted by atomic mass is 9.49. The maximum Gasteiger partial charge on any atom is 0.148 e. The van der Waals surface area contributed by atoms with Gasteiger partial charge in [-0.1, -0.05) is 0 Å². The molecule has 0 aromatic rings. The molecule has 4 rings (SSSR count). The summed E-state index contributed by atoms with van der Waals surface area (Å²) >= 11 is 0. The summed E-state index contributed by atoms with van der Waals surface area (Å²) in [6.45, 7) is 24.5. The summed E-state index contributed by atoms with van der Waals surface area (Å²) in [5.74, 6) is 0. The Morgan fingerprint density at radius 1 is 0.486 bits per heavy atom. The molecular weight excluding hydrogens is 452 g/mol. The first-order valence-electron chi connectivity index (χ1n) is 13.1. The Morgan fingerprint density at radius 2 is 0.886 bits per heavy atom. The lowest BCUT2D eigenvalue weighted by Crippen LogP contribution is -2.79. The number of rotatable bonds is 3. The van der Waals surface area contributed by atoms with Crippen LogP contribution in [0.2, 0.25) is 0 Å². The van der Waals surface area contributed by atoms with Crippen LogP contribution in [0.3, 0.4) is 0 Å². The zero-order valence-corrected chi connectivity index (χ0v) is 23.7. The van der Waals surface area contributed by atoms with Crippen molar-refractivity contribution in [3.05, 3.63) is 0 Å². The minimum atomic E-state index is -0.628. The van der Waals surface area contributed by atoms with Crippen LogP contribution in [-0.4, -0.2) is 73.5 Å². The Hall–Kier alpha value is -0.320. The van der Waals surface area contributed by atoms with Crippen LogP contribution in [0.5, 0.6) is 0 Å². The van der Waals surface area contributed by atoms with E-state index in [1.54, 1.807) is 0 Å². The van der Waals surface area contributed by atoms with Crippen LogP contribution in [0, 0.1) is 10.8 Å². The third-order valence-electron chi connectivity index (χ3n) is 10.5. The Morgan fingerprint density at radius 3 is 1.46 bits per heavy atom. The van der Waals surface area contributed by atoms with E-state index in [9.17, 15) is 0 Å². The molecule has 4 aliphatic heterocycles. The molecule has 0 bridgehead atoms. The van der Waals surface area contributed by atoms with Gasteiger partial charge in [0, 0.05) is 0 Å². The fourth-order valence-electron chi connectivity index (χ4n) is 9.35. The second-order valence-corrected chi connectivity index (χ2v) is 12.8. The zero-order chi connectivity index (χ0) is 26.1. The Balaban J connectivity index is 1.77. The third kappa shape index (κ3) is 3.47. The molecule has 4 fully saturated rings. The highest BCUT2D eigenvalue weighted by Gasteiger charge is 2.74. The molecule has 2 spiro atoms. The maximum absolute atomic E-state index is 6.59. The van der Waals surface area contributed by atoms with Crippen molar-refractivity contribution in [2.75, 3.05) is 27.2 Å². The van der Waals surface area contributed by atoms with E-state index in [1.165, 1.54) is 0 Å². The number of hydrogen-bond acceptors (Lipinski definition) is 8. The van der Waals surface area contributed by atoms with Crippen LogP contribution >= 0.6 is 0 Å². The van der Waals surface area contributed by atoms with Gasteiger partial charge in [-0.15, -0.1) is 0 Å². The zero-order valence-electron chi connectivity index (χ0n) is 23.7. The van der Waals surface area contributed by atoms with Gasteiger partial charge >= 0.3 is 0 Å². The highest BCUT2D eigenvalue weighted by molar-refractivity contribution is 5.21. The molecule has 0 radical (unpaired) electrons. The lowest BCUT2D eigenvalue weighted by molar-refractivity contribution is -0.429. The largest absolute Gasteiger partial charge is 0.352 e. The van der Waals surface area contributed by atoms with Crippen molar-refractivity contribution in [2.45, 2.75) is 135 Å². The highest BCUT2D eigenvalue weighted by Crippen LogP contribution is 2.64. The molecule has 0 N–H and O–H groups in total. The Kier molecular flexibility index (Phi) is 6.81. The van der Waals surface area contributed by atoms with Crippen molar-refractivity contribution in [1.29, 1.82) is 0 Å². The van der Waals surface area contributed by atoms with Crippen molar-refractivity contribution < 1.29 is 37.9 Å². The lowest BCUT2D eigenvalue weighted by Gasteiger charge is -2.69. The normalized spacial score (nSPS) is 49.3. The van der Waals surface area contributed by atoms with Gasteiger partial charge in [0.25, 0.3) is 0 Å². The second kappa shape index (κ2) is 8.60. The van der Waals surface area contributed by atoms with Gasteiger partial charge in [0.2, 0.25) is 0 Å². The van der Waals surface area contributed by atoms with Crippen LogP contribution in [0.1, 0.15) is 89.0 Å². The van der Waals surface area contributed by atoms with Crippen molar-refractivity contribution in [1.82, 2.24) is 0 Å². The summed E-state index contributed by atoms with van der Waals surface area (Å²) in [4.78, 5) is 0. The molecule has 0 aliphatic carbocycles. The number of ether oxygens (including phenoxy) is 8. The summed E-state index contributed by atoms with van der Waals surface area (Å²) < 4.78 is 50.3. The van der Waals surface area contributed by atoms with Gasteiger partial charge in [0.05, 0.1) is 57.1 Å². The average Bonchev–Trinajstić information content (AvgIpc) is 2.70. The molecule has 204 valence electrons. The van der Waals surface area contributed by atoms with E-state index in [4.69, 9.17) is 37.9 Å². The van der Waals surface area contributed by atoms with Gasteiger partial charge in [-0.3, -0.25) is 0 Å². The number of hydrogen-bond donors (Lipinski definition) is 0. The van der Waals surface area contributed by atoms with Gasteiger partial charge < -0.3 is 37.9 Å². The molecule has 0 aromatic heterocycles. The molecule has 8 nitrogen and oxygen atoms in total. The fraction of sp³-hybridized carbons (Fsp3) is 1.00. The van der Waals surface area contributed by atoms with Crippen LogP contribution in [0.25, 0.3) is 0 Å². The summed E-state index contributed by atoms with van der Waals surface area (Å²) in [6.07, 6.45) is 1.00. The molecule has 4 aliphatic rings. The molecule has 35 heavy (non-hydrogen) atoms. The van der Waals surface area contributed by atoms with E-state index in [-0.39, 0.29) is 45.5 Å². The predicted molar refractivity (Wildman–Crippen MR) is 130 cm³/mol. The minimum Gasteiger partial charge on any atom is -0.352 e. The summed E-state index contributed by atoms with van der Waals surface area (Å²) in [7, 11) is 0. The molecule has 7 atom stereocenters. The van der Waals surface area contributed by atoms with Crippen molar-refractivity contribution in [2.24, 2.45) is 10.8 Å². The topological polar surface area (TPSA) is 73.8 Å². The smallest absolute Gasteiger partial charge is 0.148 e. The highest BCUT2D eigenvalue weighted by atomic mass is 16.7. The van der Waals surface area contributed by atoms with Crippen molar-refractivity contribution in [3.8, 4) is 0 Å². The minimum absolute atomic E-state index is 0.128. The van der Waals surface area contributed by atoms with E-state index in [0.717, 1.165) is 0 Å². The SMILES string of the molecule is CC1OCOC(C)(C)C12C(C)OCOC2(C)CCC1(C)OCOC(C)(C)C12C(C)OCOC2(C)C. The molecule has 0 aromatic carbocycles. The maximum atomic E-state index is 6.59. The molecule has 4 heterocycles. The Bertz CT molecular complexity index is 772. The molecule has 0 amide bonds. The standard InChI is InChI=1S/C27H48O8/c1-18-26(21(4,5)31-14-28-18)19(2)29-16-34-24(26,10)12-13-25(11)27(23(8,9)33-17-35-25)20(3)30-15-32-22(27,6)7/h18-20H,12-17H2,1-11H3. The van der Waals surface area contributed by atoms with Gasteiger partial charge in [0.1, 0.15) is 27.2 Å². The first-order valence-corrected chi connectivity index (χ1v) is 13.1. The van der Waals surface area contributed by atoms with Crippen molar-refractivity contribution in [3.63, 3.8) is 0 Å². The quantitative estimate of drug-likeness (QED) is 0.548. The average molecular weight is 501 g/mol. The molecule has 0 saturated carbocycles.